The molecule has 1 aliphatic carbocycles. The smallest absolute Gasteiger partial charge is 0.294 e. The zero-order chi connectivity index (χ0) is 27.2. The van der Waals surface area contributed by atoms with Crippen LogP contribution in [0.5, 0.6) is 5.75 Å². The number of benzene rings is 3. The summed E-state index contributed by atoms with van der Waals surface area (Å²) >= 11 is 0. The predicted octanol–water partition coefficient (Wildman–Crippen LogP) is 5.96. The summed E-state index contributed by atoms with van der Waals surface area (Å²) in [6.07, 6.45) is 8.19. The number of nitrogens with zero attached hydrogens (tertiary/aromatic N) is 2. The molecule has 6 nitrogen and oxygen atoms in total. The SMILES string of the molecule is Cc1cccc(CN2C(=O)C(=Cc3ccc(C(=O)NCCN(C)C4CCCCC4)cc3)Oc3ccccc32)c1. The van der Waals surface area contributed by atoms with Crippen LogP contribution in [-0.2, 0) is 11.3 Å². The fraction of sp³-hybridized carbons (Fsp3) is 0.333. The number of nitrogens with one attached hydrogen (secondary N) is 1. The summed E-state index contributed by atoms with van der Waals surface area (Å²) < 4.78 is 6.03. The van der Waals surface area contributed by atoms with E-state index in [0.717, 1.165) is 28.9 Å². The quantitative estimate of drug-likeness (QED) is 0.370. The highest BCUT2D eigenvalue weighted by molar-refractivity contribution is 6.09. The van der Waals surface area contributed by atoms with Gasteiger partial charge in [-0.3, -0.25) is 14.5 Å². The highest BCUT2D eigenvalue weighted by Gasteiger charge is 2.30. The van der Waals surface area contributed by atoms with Crippen molar-refractivity contribution in [3.63, 3.8) is 0 Å². The Bertz CT molecular complexity index is 1340. The van der Waals surface area contributed by atoms with Gasteiger partial charge in [0.15, 0.2) is 11.5 Å². The lowest BCUT2D eigenvalue weighted by Crippen LogP contribution is -2.39. The van der Waals surface area contributed by atoms with Gasteiger partial charge in [0.25, 0.3) is 11.8 Å². The van der Waals surface area contributed by atoms with Crippen molar-refractivity contribution in [1.82, 2.24) is 10.2 Å². The van der Waals surface area contributed by atoms with E-state index in [1.165, 1.54) is 32.1 Å². The molecule has 3 aromatic rings. The summed E-state index contributed by atoms with van der Waals surface area (Å²) in [5.41, 5.74) is 4.35. The zero-order valence-corrected chi connectivity index (χ0v) is 22.9. The minimum atomic E-state index is -0.195. The van der Waals surface area contributed by atoms with E-state index < -0.39 is 0 Å². The van der Waals surface area contributed by atoms with Gasteiger partial charge < -0.3 is 15.0 Å². The normalized spacial score (nSPS) is 16.7. The number of rotatable bonds is 8. The summed E-state index contributed by atoms with van der Waals surface area (Å²) in [6.45, 7) is 3.97. The number of carbonyl (C=O) groups is 2. The Morgan fingerprint density at radius 1 is 1.03 bits per heavy atom. The lowest BCUT2D eigenvalue weighted by atomic mass is 9.94. The predicted molar refractivity (Wildman–Crippen MR) is 156 cm³/mol. The number of likely N-dealkylation sites (N-methyl/N-ethyl adjacent to an activating group) is 1. The molecule has 0 atom stereocenters. The molecule has 2 aliphatic rings. The first kappa shape index (κ1) is 26.7. The number of amides is 2. The van der Waals surface area contributed by atoms with E-state index in [1.807, 2.05) is 61.5 Å². The van der Waals surface area contributed by atoms with Gasteiger partial charge >= 0.3 is 0 Å². The summed E-state index contributed by atoms with van der Waals surface area (Å²) in [7, 11) is 2.15. The van der Waals surface area contributed by atoms with E-state index in [2.05, 4.69) is 23.3 Å². The van der Waals surface area contributed by atoms with Crippen molar-refractivity contribution in [3.8, 4) is 5.75 Å². The van der Waals surface area contributed by atoms with Crippen molar-refractivity contribution in [2.45, 2.75) is 51.6 Å². The summed E-state index contributed by atoms with van der Waals surface area (Å²) in [5, 5.41) is 3.04. The van der Waals surface area contributed by atoms with Crippen molar-refractivity contribution in [1.29, 1.82) is 0 Å². The maximum absolute atomic E-state index is 13.5. The van der Waals surface area contributed by atoms with Crippen molar-refractivity contribution < 1.29 is 14.3 Å². The molecule has 0 spiro atoms. The molecule has 0 saturated heterocycles. The lowest BCUT2D eigenvalue weighted by Gasteiger charge is -2.31. The van der Waals surface area contributed by atoms with Crippen LogP contribution in [0.3, 0.4) is 0 Å². The number of anilines is 1. The molecule has 1 fully saturated rings. The highest BCUT2D eigenvalue weighted by Crippen LogP contribution is 2.36. The lowest BCUT2D eigenvalue weighted by molar-refractivity contribution is -0.117. The molecular formula is C33H37N3O3. The molecule has 3 aromatic carbocycles. The van der Waals surface area contributed by atoms with E-state index in [-0.39, 0.29) is 17.6 Å². The molecule has 202 valence electrons. The number of para-hydroxylation sites is 2. The topological polar surface area (TPSA) is 61.9 Å². The first-order valence-corrected chi connectivity index (χ1v) is 13.9. The van der Waals surface area contributed by atoms with Crippen LogP contribution in [0.15, 0.2) is 78.6 Å². The minimum absolute atomic E-state index is 0.0884. The number of fused-ring (bicyclic) bond motifs is 1. The molecule has 0 aromatic heterocycles. The maximum atomic E-state index is 13.5. The van der Waals surface area contributed by atoms with Gasteiger partial charge in [-0.2, -0.15) is 0 Å². The molecule has 6 heteroatoms. The molecule has 0 unspecified atom stereocenters. The van der Waals surface area contributed by atoms with E-state index in [0.29, 0.717) is 30.4 Å². The van der Waals surface area contributed by atoms with Gasteiger partial charge in [-0.05, 0) is 68.3 Å². The molecule has 1 aliphatic heterocycles. The summed E-state index contributed by atoms with van der Waals surface area (Å²) in [6, 6.07) is 23.7. The number of carbonyl (C=O) groups excluding carboxylic acids is 2. The average Bonchev–Trinajstić information content (AvgIpc) is 2.96. The Hall–Kier alpha value is -3.90. The second-order valence-corrected chi connectivity index (χ2v) is 10.6. The van der Waals surface area contributed by atoms with Crippen LogP contribution in [0.2, 0.25) is 0 Å². The first-order chi connectivity index (χ1) is 19.0. The van der Waals surface area contributed by atoms with Crippen LogP contribution in [0.1, 0.15) is 59.2 Å². The molecule has 1 N–H and O–H groups in total. The number of aryl methyl sites for hydroxylation is 1. The van der Waals surface area contributed by atoms with Crippen LogP contribution >= 0.6 is 0 Å². The van der Waals surface area contributed by atoms with Gasteiger partial charge in [-0.15, -0.1) is 0 Å². The standard InChI is InChI=1S/C33H37N3O3/c1-24-9-8-10-26(21-24)23-36-29-13-6-7-14-30(29)39-31(33(36)38)22-25-15-17-27(18-16-25)32(37)34-19-20-35(2)28-11-4-3-5-12-28/h6-10,13-18,21-22,28H,3-5,11-12,19-20,23H2,1-2H3,(H,34,37). The molecule has 1 heterocycles. The third-order valence-electron chi connectivity index (χ3n) is 7.67. The van der Waals surface area contributed by atoms with Gasteiger partial charge in [0.05, 0.1) is 12.2 Å². The third kappa shape index (κ3) is 6.58. The van der Waals surface area contributed by atoms with Crippen LogP contribution in [0.25, 0.3) is 6.08 Å². The molecular weight excluding hydrogens is 486 g/mol. The number of ether oxygens (including phenoxy) is 1. The summed E-state index contributed by atoms with van der Waals surface area (Å²) in [4.78, 5) is 30.3. The van der Waals surface area contributed by atoms with E-state index in [9.17, 15) is 9.59 Å². The van der Waals surface area contributed by atoms with Crippen LogP contribution in [0.4, 0.5) is 5.69 Å². The van der Waals surface area contributed by atoms with Crippen molar-refractivity contribution in [2.75, 3.05) is 25.0 Å². The van der Waals surface area contributed by atoms with E-state index in [4.69, 9.17) is 4.74 Å². The van der Waals surface area contributed by atoms with E-state index >= 15 is 0 Å². The van der Waals surface area contributed by atoms with Gasteiger partial charge in [0.2, 0.25) is 0 Å². The van der Waals surface area contributed by atoms with E-state index in [1.54, 1.807) is 23.1 Å². The second-order valence-electron chi connectivity index (χ2n) is 10.6. The van der Waals surface area contributed by atoms with Crippen molar-refractivity contribution >= 4 is 23.6 Å². The fourth-order valence-corrected chi connectivity index (χ4v) is 5.45. The number of hydrogen-bond acceptors (Lipinski definition) is 4. The molecule has 39 heavy (non-hydrogen) atoms. The number of hydrogen-bond donors (Lipinski definition) is 1. The molecule has 0 radical (unpaired) electrons. The second kappa shape index (κ2) is 12.3. The van der Waals surface area contributed by atoms with Crippen molar-refractivity contribution in [3.05, 3.63) is 101 Å². The van der Waals surface area contributed by atoms with Gasteiger partial charge in [0.1, 0.15) is 0 Å². The summed E-state index contributed by atoms with van der Waals surface area (Å²) in [5.74, 6) is 0.614. The fourth-order valence-electron chi connectivity index (χ4n) is 5.45. The molecule has 2 amide bonds. The van der Waals surface area contributed by atoms with Crippen LogP contribution in [0, 0.1) is 6.92 Å². The molecule has 1 saturated carbocycles. The molecule has 5 rings (SSSR count). The Balaban J connectivity index is 1.24. The van der Waals surface area contributed by atoms with Crippen LogP contribution in [-0.4, -0.2) is 42.9 Å². The Kier molecular flexibility index (Phi) is 8.42. The van der Waals surface area contributed by atoms with Gasteiger partial charge in [-0.25, -0.2) is 0 Å². The maximum Gasteiger partial charge on any atom is 0.294 e. The monoisotopic (exact) mass is 523 g/mol. The minimum Gasteiger partial charge on any atom is -0.449 e. The highest BCUT2D eigenvalue weighted by atomic mass is 16.5. The average molecular weight is 524 g/mol. The Morgan fingerprint density at radius 3 is 2.56 bits per heavy atom. The van der Waals surface area contributed by atoms with Gasteiger partial charge in [0, 0.05) is 24.7 Å². The third-order valence-corrected chi connectivity index (χ3v) is 7.67. The largest absolute Gasteiger partial charge is 0.449 e. The van der Waals surface area contributed by atoms with Gasteiger partial charge in [-0.1, -0.05) is 73.4 Å². The zero-order valence-electron chi connectivity index (χ0n) is 22.9. The van der Waals surface area contributed by atoms with Crippen LogP contribution < -0.4 is 15.0 Å². The Morgan fingerprint density at radius 2 is 1.79 bits per heavy atom. The molecule has 0 bridgehead atoms. The first-order valence-electron chi connectivity index (χ1n) is 13.9. The Labute approximate surface area is 231 Å². The van der Waals surface area contributed by atoms with Crippen molar-refractivity contribution in [2.24, 2.45) is 0 Å².